The number of nitrogens with one attached hydrogen (secondary N) is 1. The molecule has 0 saturated heterocycles. The van der Waals surface area contributed by atoms with Crippen LogP contribution in [0.3, 0.4) is 0 Å². The van der Waals surface area contributed by atoms with Crippen molar-refractivity contribution in [3.8, 4) is 5.75 Å². The highest BCUT2D eigenvalue weighted by Gasteiger charge is 2.35. The molecule has 2 heterocycles. The fourth-order valence-electron chi connectivity index (χ4n) is 4.51. The first kappa shape index (κ1) is 25.6. The molecule has 0 bridgehead atoms. The summed E-state index contributed by atoms with van der Waals surface area (Å²) in [6, 6.07) is 8.35. The lowest BCUT2D eigenvalue weighted by molar-refractivity contribution is -0.137. The number of urea groups is 1. The molecule has 0 radical (unpaired) electrons. The molecule has 2 aromatic rings. The van der Waals surface area contributed by atoms with Crippen LogP contribution in [0, 0.1) is 0 Å². The van der Waals surface area contributed by atoms with Crippen LogP contribution in [0.15, 0.2) is 42.5 Å². The van der Waals surface area contributed by atoms with Gasteiger partial charge in [0.05, 0.1) is 11.3 Å². The molecule has 0 aliphatic carbocycles. The average molecular weight is 504 g/mol. The zero-order valence-corrected chi connectivity index (χ0v) is 20.3. The number of rotatable bonds is 5. The zero-order chi connectivity index (χ0) is 26.3. The second kappa shape index (κ2) is 9.50. The Kier molecular flexibility index (Phi) is 6.74. The van der Waals surface area contributed by atoms with Crippen LogP contribution in [0.2, 0.25) is 0 Å². The van der Waals surface area contributed by atoms with Gasteiger partial charge in [0.15, 0.2) is 0 Å². The predicted octanol–water partition coefficient (Wildman–Crippen LogP) is 5.04. The maximum absolute atomic E-state index is 13.2. The fourth-order valence-corrected chi connectivity index (χ4v) is 4.51. The number of hydrogen-bond acceptors (Lipinski definition) is 4. The minimum absolute atomic E-state index is 0.00188. The summed E-state index contributed by atoms with van der Waals surface area (Å²) in [4.78, 5) is 28.7. The number of fused-ring (bicyclic) bond motifs is 2. The topological polar surface area (TPSA) is 82.1 Å². The second-order valence-electron chi connectivity index (χ2n) is 9.59. The van der Waals surface area contributed by atoms with Crippen LogP contribution in [-0.2, 0) is 17.5 Å². The molecular formula is C26H28F3N3O4. The summed E-state index contributed by atoms with van der Waals surface area (Å²) in [5, 5.41) is 11.9. The van der Waals surface area contributed by atoms with Crippen LogP contribution in [0.1, 0.15) is 43.4 Å². The molecule has 2 N–H and O–H groups in total. The molecule has 2 aliphatic heterocycles. The van der Waals surface area contributed by atoms with Crippen molar-refractivity contribution >= 4 is 28.9 Å². The van der Waals surface area contributed by atoms with E-state index in [-0.39, 0.29) is 18.4 Å². The van der Waals surface area contributed by atoms with E-state index >= 15 is 0 Å². The second-order valence-corrected chi connectivity index (χ2v) is 9.59. The minimum atomic E-state index is -4.50. The van der Waals surface area contributed by atoms with Crippen molar-refractivity contribution in [3.05, 3.63) is 59.2 Å². The van der Waals surface area contributed by atoms with Crippen LogP contribution in [-0.4, -0.2) is 47.7 Å². The van der Waals surface area contributed by atoms with Gasteiger partial charge in [-0.1, -0.05) is 12.1 Å². The van der Waals surface area contributed by atoms with Gasteiger partial charge in [0, 0.05) is 50.5 Å². The highest BCUT2D eigenvalue weighted by molar-refractivity contribution is 6.05. The number of carbonyl (C=O) groups is 2. The number of hydrogen-bond donors (Lipinski definition) is 2. The van der Waals surface area contributed by atoms with E-state index in [2.05, 4.69) is 5.32 Å². The molecule has 2 aliphatic rings. The van der Waals surface area contributed by atoms with Crippen LogP contribution >= 0.6 is 0 Å². The van der Waals surface area contributed by atoms with Gasteiger partial charge in [-0.2, -0.15) is 13.2 Å². The molecule has 7 nitrogen and oxygen atoms in total. The molecule has 3 amide bonds. The number of halogens is 3. The number of alkyl halides is 3. The lowest BCUT2D eigenvalue weighted by Crippen LogP contribution is -2.45. The maximum Gasteiger partial charge on any atom is 0.416 e. The Bertz CT molecular complexity index is 1220. The lowest BCUT2D eigenvalue weighted by Gasteiger charge is -2.35. The molecule has 0 aromatic heterocycles. The Morgan fingerprint density at radius 3 is 2.67 bits per heavy atom. The summed E-state index contributed by atoms with van der Waals surface area (Å²) < 4.78 is 45.3. The first-order valence-corrected chi connectivity index (χ1v) is 11.6. The third-order valence-electron chi connectivity index (χ3n) is 6.18. The van der Waals surface area contributed by atoms with Gasteiger partial charge >= 0.3 is 12.2 Å². The third-order valence-corrected chi connectivity index (χ3v) is 6.18. The van der Waals surface area contributed by atoms with Gasteiger partial charge in [-0.15, -0.1) is 0 Å². The number of ether oxygens (including phenoxy) is 1. The van der Waals surface area contributed by atoms with E-state index in [4.69, 9.17) is 9.84 Å². The standard InChI is InChI=1S/C26H28F3N3O4/c1-25(2)14-17(20-8-6-18(26(27,28)29)12-22(20)36-25)11-23(34)30-19-7-5-16-15-32(9-4-10-33)24(35)31(3)21(16)13-19/h5-8,11-13,33H,4,9-10,14-15H2,1-3H3,(H,30,34)/b17-11+. The highest BCUT2D eigenvalue weighted by Crippen LogP contribution is 2.43. The largest absolute Gasteiger partial charge is 0.487 e. The zero-order valence-electron chi connectivity index (χ0n) is 20.3. The molecule has 0 saturated carbocycles. The van der Waals surface area contributed by atoms with E-state index in [0.29, 0.717) is 48.4 Å². The van der Waals surface area contributed by atoms with Crippen molar-refractivity contribution in [1.29, 1.82) is 0 Å². The Morgan fingerprint density at radius 2 is 1.97 bits per heavy atom. The van der Waals surface area contributed by atoms with Gasteiger partial charge in [-0.3, -0.25) is 9.69 Å². The summed E-state index contributed by atoms with van der Waals surface area (Å²) in [7, 11) is 1.65. The fraction of sp³-hybridized carbons (Fsp3) is 0.385. The summed E-state index contributed by atoms with van der Waals surface area (Å²) >= 11 is 0. The van der Waals surface area contributed by atoms with Gasteiger partial charge in [-0.25, -0.2) is 4.79 Å². The van der Waals surface area contributed by atoms with Crippen LogP contribution in [0.25, 0.3) is 5.57 Å². The monoisotopic (exact) mass is 503 g/mol. The molecular weight excluding hydrogens is 475 g/mol. The van der Waals surface area contributed by atoms with Crippen molar-refractivity contribution < 1.29 is 32.6 Å². The Labute approximate surface area is 207 Å². The summed E-state index contributed by atoms with van der Waals surface area (Å²) in [6.07, 6.45) is -2.30. The molecule has 4 rings (SSSR count). The quantitative estimate of drug-likeness (QED) is 0.560. The first-order valence-electron chi connectivity index (χ1n) is 11.6. The summed E-state index contributed by atoms with van der Waals surface area (Å²) in [5.41, 5.74) is 1.46. The van der Waals surface area contributed by atoms with Gasteiger partial charge in [0.2, 0.25) is 5.91 Å². The van der Waals surface area contributed by atoms with Crippen LogP contribution in [0.5, 0.6) is 5.75 Å². The number of carbonyl (C=O) groups excluding carboxylic acids is 2. The van der Waals surface area contributed by atoms with Crippen molar-refractivity contribution in [3.63, 3.8) is 0 Å². The predicted molar refractivity (Wildman–Crippen MR) is 130 cm³/mol. The van der Waals surface area contributed by atoms with Crippen LogP contribution < -0.4 is 15.0 Å². The number of aliphatic hydroxyl groups is 1. The third kappa shape index (κ3) is 5.33. The number of anilines is 2. The van der Waals surface area contributed by atoms with E-state index in [1.807, 2.05) is 6.07 Å². The first-order chi connectivity index (χ1) is 16.9. The number of nitrogens with zero attached hydrogens (tertiary/aromatic N) is 2. The maximum atomic E-state index is 13.2. The number of benzene rings is 2. The molecule has 192 valence electrons. The van der Waals surface area contributed by atoms with Gasteiger partial charge in [-0.05, 0) is 55.7 Å². The van der Waals surface area contributed by atoms with E-state index in [0.717, 1.165) is 17.7 Å². The SMILES string of the molecule is CN1C(=O)N(CCCO)Cc2ccc(NC(=O)/C=C3\CC(C)(C)Oc4cc(C(F)(F)F)ccc43)cc21. The smallest absolute Gasteiger partial charge is 0.416 e. The number of amides is 3. The molecule has 0 unspecified atom stereocenters. The average Bonchev–Trinajstić information content (AvgIpc) is 2.79. The van der Waals surface area contributed by atoms with E-state index < -0.39 is 23.2 Å². The van der Waals surface area contributed by atoms with Gasteiger partial charge in [0.1, 0.15) is 11.4 Å². The van der Waals surface area contributed by atoms with E-state index in [1.54, 1.807) is 37.9 Å². The van der Waals surface area contributed by atoms with E-state index in [1.165, 1.54) is 17.0 Å². The molecule has 0 fully saturated rings. The Morgan fingerprint density at radius 1 is 1.22 bits per heavy atom. The number of aliphatic hydroxyl groups excluding tert-OH is 1. The van der Waals surface area contributed by atoms with Gasteiger partial charge in [0.25, 0.3) is 0 Å². The van der Waals surface area contributed by atoms with Crippen molar-refractivity contribution in [2.75, 3.05) is 30.4 Å². The molecule has 0 atom stereocenters. The highest BCUT2D eigenvalue weighted by atomic mass is 19.4. The minimum Gasteiger partial charge on any atom is -0.487 e. The summed E-state index contributed by atoms with van der Waals surface area (Å²) in [5.74, 6) is -0.359. The Balaban J connectivity index is 1.56. The summed E-state index contributed by atoms with van der Waals surface area (Å²) in [6.45, 7) is 4.35. The van der Waals surface area contributed by atoms with E-state index in [9.17, 15) is 22.8 Å². The molecule has 0 spiro atoms. The van der Waals surface area contributed by atoms with Crippen molar-refractivity contribution in [2.24, 2.45) is 0 Å². The van der Waals surface area contributed by atoms with Crippen molar-refractivity contribution in [2.45, 2.75) is 45.0 Å². The van der Waals surface area contributed by atoms with Gasteiger partial charge < -0.3 is 20.1 Å². The van der Waals surface area contributed by atoms with Crippen molar-refractivity contribution in [1.82, 2.24) is 4.90 Å². The molecule has 36 heavy (non-hydrogen) atoms. The molecule has 10 heteroatoms. The Hall–Kier alpha value is -3.53. The van der Waals surface area contributed by atoms with Crippen LogP contribution in [0.4, 0.5) is 29.3 Å². The normalized spacial score (nSPS) is 18.0. The molecule has 2 aromatic carbocycles. The lowest BCUT2D eigenvalue weighted by atomic mass is 9.88.